The van der Waals surface area contributed by atoms with Gasteiger partial charge in [-0.05, 0) is 37.7 Å². The lowest BCUT2D eigenvalue weighted by atomic mass is 10.2. The van der Waals surface area contributed by atoms with Gasteiger partial charge in [-0.3, -0.25) is 9.47 Å². The maximum atomic E-state index is 12.2. The lowest BCUT2D eigenvalue weighted by Crippen LogP contribution is -2.31. The molecule has 26 heavy (non-hydrogen) atoms. The van der Waals surface area contributed by atoms with Gasteiger partial charge in [0, 0.05) is 18.5 Å². The maximum absolute atomic E-state index is 12.2. The van der Waals surface area contributed by atoms with Crippen molar-refractivity contribution in [3.8, 4) is 0 Å². The molecule has 0 aliphatic carbocycles. The summed E-state index contributed by atoms with van der Waals surface area (Å²) in [6.45, 7) is 6.43. The van der Waals surface area contributed by atoms with Gasteiger partial charge in [0.25, 0.3) is 0 Å². The Kier molecular flexibility index (Phi) is 4.39. The number of rotatable bonds is 6. The lowest BCUT2D eigenvalue weighted by molar-refractivity contribution is 0.192. The highest BCUT2D eigenvalue weighted by Gasteiger charge is 2.19. The molecule has 0 saturated carbocycles. The molecule has 1 atom stereocenters. The molecule has 5 heteroatoms. The second kappa shape index (κ2) is 6.84. The zero-order valence-corrected chi connectivity index (χ0v) is 15.0. The van der Waals surface area contributed by atoms with Gasteiger partial charge in [-0.25, -0.2) is 4.79 Å². The van der Waals surface area contributed by atoms with Crippen molar-refractivity contribution in [3.05, 3.63) is 70.9 Å². The van der Waals surface area contributed by atoms with Crippen molar-refractivity contribution in [2.75, 3.05) is 13.1 Å². The molecule has 1 unspecified atom stereocenters. The molecule has 2 aromatic heterocycles. The quantitative estimate of drug-likeness (QED) is 0.516. The van der Waals surface area contributed by atoms with Crippen molar-refractivity contribution in [2.24, 2.45) is 0 Å². The van der Waals surface area contributed by atoms with Crippen molar-refractivity contribution in [2.45, 2.75) is 26.4 Å². The van der Waals surface area contributed by atoms with Crippen LogP contribution in [0.25, 0.3) is 22.1 Å². The van der Waals surface area contributed by atoms with Gasteiger partial charge in [0.05, 0.1) is 11.6 Å². The first-order valence-corrected chi connectivity index (χ1v) is 8.98. The average Bonchev–Trinajstić information content (AvgIpc) is 3.23. The first kappa shape index (κ1) is 16.7. The van der Waals surface area contributed by atoms with Gasteiger partial charge >= 0.3 is 5.76 Å². The molecule has 4 aromatic rings. The highest BCUT2D eigenvalue weighted by Crippen LogP contribution is 2.27. The third-order valence-corrected chi connectivity index (χ3v) is 4.99. The fourth-order valence-electron chi connectivity index (χ4n) is 3.47. The van der Waals surface area contributed by atoms with E-state index in [4.69, 9.17) is 8.83 Å². The fraction of sp³-hybridized carbons (Fsp3) is 0.286. The molecule has 134 valence electrons. The Morgan fingerprint density at radius 2 is 1.77 bits per heavy atom. The van der Waals surface area contributed by atoms with Gasteiger partial charge in [0.2, 0.25) is 0 Å². The van der Waals surface area contributed by atoms with Gasteiger partial charge < -0.3 is 8.83 Å². The number of hydrogen-bond donors (Lipinski definition) is 0. The SMILES string of the molecule is CCN(CCn1c(=O)oc2ccccc21)C(C)c1cc2ccccc2o1. The molecule has 0 spiro atoms. The summed E-state index contributed by atoms with van der Waals surface area (Å²) < 4.78 is 13.0. The number of oxazole rings is 1. The van der Waals surface area contributed by atoms with Gasteiger partial charge in [-0.2, -0.15) is 0 Å². The van der Waals surface area contributed by atoms with E-state index in [1.165, 1.54) is 0 Å². The van der Waals surface area contributed by atoms with E-state index in [-0.39, 0.29) is 11.8 Å². The van der Waals surface area contributed by atoms with Crippen LogP contribution in [0.3, 0.4) is 0 Å². The Balaban J connectivity index is 1.55. The Labute approximate surface area is 151 Å². The summed E-state index contributed by atoms with van der Waals surface area (Å²) in [5, 5.41) is 1.11. The second-order valence-corrected chi connectivity index (χ2v) is 6.48. The monoisotopic (exact) mass is 350 g/mol. The Morgan fingerprint density at radius 1 is 1.04 bits per heavy atom. The third kappa shape index (κ3) is 2.95. The molecule has 0 aliphatic rings. The van der Waals surface area contributed by atoms with Gasteiger partial charge in [-0.15, -0.1) is 0 Å². The smallest absolute Gasteiger partial charge is 0.419 e. The minimum absolute atomic E-state index is 0.126. The molecule has 4 rings (SSSR count). The number of fused-ring (bicyclic) bond motifs is 2. The van der Waals surface area contributed by atoms with E-state index >= 15 is 0 Å². The molecule has 0 amide bonds. The number of aromatic nitrogens is 1. The van der Waals surface area contributed by atoms with Crippen LogP contribution >= 0.6 is 0 Å². The van der Waals surface area contributed by atoms with Crippen molar-refractivity contribution >= 4 is 22.1 Å². The third-order valence-electron chi connectivity index (χ3n) is 4.99. The standard InChI is InChI=1S/C21H22N2O3/c1-3-22(15(2)20-14-16-8-4-6-10-18(16)25-20)12-13-23-17-9-5-7-11-19(17)26-21(23)24/h4-11,14-15H,3,12-13H2,1-2H3. The molecule has 0 radical (unpaired) electrons. The Morgan fingerprint density at radius 3 is 2.54 bits per heavy atom. The number of hydrogen-bond acceptors (Lipinski definition) is 4. The highest BCUT2D eigenvalue weighted by molar-refractivity contribution is 5.77. The predicted octanol–water partition coefficient (Wildman–Crippen LogP) is 4.42. The van der Waals surface area contributed by atoms with Crippen molar-refractivity contribution in [3.63, 3.8) is 0 Å². The number of nitrogens with zero attached hydrogens (tertiary/aromatic N) is 2. The number of benzene rings is 2. The molecule has 0 aliphatic heterocycles. The van der Waals surface area contributed by atoms with E-state index in [0.717, 1.165) is 35.3 Å². The second-order valence-electron chi connectivity index (χ2n) is 6.48. The first-order chi connectivity index (χ1) is 12.7. The van der Waals surface area contributed by atoms with Crippen LogP contribution in [0.1, 0.15) is 25.6 Å². The van der Waals surface area contributed by atoms with E-state index in [2.05, 4.69) is 30.9 Å². The number of para-hydroxylation sites is 3. The van der Waals surface area contributed by atoms with Crippen LogP contribution in [0.4, 0.5) is 0 Å². The fourth-order valence-corrected chi connectivity index (χ4v) is 3.47. The number of furan rings is 1. The van der Waals surface area contributed by atoms with Crippen LogP contribution in [0, 0.1) is 0 Å². The summed E-state index contributed by atoms with van der Waals surface area (Å²) in [4.78, 5) is 14.5. The first-order valence-electron chi connectivity index (χ1n) is 8.98. The van der Waals surface area contributed by atoms with E-state index in [0.29, 0.717) is 12.1 Å². The minimum Gasteiger partial charge on any atom is -0.459 e. The summed E-state index contributed by atoms with van der Waals surface area (Å²) in [6.07, 6.45) is 0. The average molecular weight is 350 g/mol. The molecule has 2 aromatic carbocycles. The molecule has 5 nitrogen and oxygen atoms in total. The zero-order chi connectivity index (χ0) is 18.1. The lowest BCUT2D eigenvalue weighted by Gasteiger charge is -2.26. The summed E-state index contributed by atoms with van der Waals surface area (Å²) >= 11 is 0. The molecular weight excluding hydrogens is 328 g/mol. The molecule has 0 fully saturated rings. The summed E-state index contributed by atoms with van der Waals surface area (Å²) in [7, 11) is 0. The van der Waals surface area contributed by atoms with Gasteiger partial charge in [0.1, 0.15) is 11.3 Å². The van der Waals surface area contributed by atoms with Crippen LogP contribution in [0.15, 0.2) is 68.2 Å². The van der Waals surface area contributed by atoms with Crippen molar-refractivity contribution < 1.29 is 8.83 Å². The minimum atomic E-state index is -0.307. The van der Waals surface area contributed by atoms with E-state index in [1.807, 2.05) is 42.5 Å². The van der Waals surface area contributed by atoms with Crippen molar-refractivity contribution in [1.29, 1.82) is 0 Å². The topological polar surface area (TPSA) is 51.5 Å². The van der Waals surface area contributed by atoms with E-state index < -0.39 is 0 Å². The van der Waals surface area contributed by atoms with Crippen molar-refractivity contribution in [1.82, 2.24) is 9.47 Å². The number of likely N-dealkylation sites (N-methyl/N-ethyl adjacent to an activating group) is 1. The largest absolute Gasteiger partial charge is 0.459 e. The summed E-state index contributed by atoms with van der Waals surface area (Å²) in [6, 6.07) is 17.8. The van der Waals surface area contributed by atoms with Crippen LogP contribution in [0.5, 0.6) is 0 Å². The maximum Gasteiger partial charge on any atom is 0.419 e. The van der Waals surface area contributed by atoms with E-state index in [1.54, 1.807) is 4.57 Å². The Bertz CT molecular complexity index is 1060. The Hall–Kier alpha value is -2.79. The van der Waals surface area contributed by atoms with Crippen LogP contribution < -0.4 is 5.76 Å². The van der Waals surface area contributed by atoms with Crippen LogP contribution in [-0.4, -0.2) is 22.6 Å². The summed E-state index contributed by atoms with van der Waals surface area (Å²) in [5.74, 6) is 0.635. The van der Waals surface area contributed by atoms with Gasteiger partial charge in [0.15, 0.2) is 5.58 Å². The zero-order valence-electron chi connectivity index (χ0n) is 15.0. The van der Waals surface area contributed by atoms with Crippen LogP contribution in [0.2, 0.25) is 0 Å². The van der Waals surface area contributed by atoms with Gasteiger partial charge in [-0.1, -0.05) is 37.3 Å². The molecule has 2 heterocycles. The van der Waals surface area contributed by atoms with Crippen LogP contribution in [-0.2, 0) is 6.54 Å². The molecule has 0 N–H and O–H groups in total. The normalized spacial score (nSPS) is 13.0. The molecule has 0 bridgehead atoms. The summed E-state index contributed by atoms with van der Waals surface area (Å²) in [5.41, 5.74) is 2.37. The molecular formula is C21H22N2O3. The highest BCUT2D eigenvalue weighted by atomic mass is 16.4. The predicted molar refractivity (Wildman–Crippen MR) is 102 cm³/mol. The van der Waals surface area contributed by atoms with E-state index in [9.17, 15) is 4.79 Å². The molecule has 0 saturated heterocycles.